The summed E-state index contributed by atoms with van der Waals surface area (Å²) in [7, 11) is 1.49. The number of halogens is 2. The number of methoxy groups -OCH3 is 1. The van der Waals surface area contributed by atoms with Crippen LogP contribution in [0.4, 0.5) is 14.5 Å². The number of benzene rings is 3. The molecule has 0 aromatic heterocycles. The molecule has 0 atom stereocenters. The van der Waals surface area contributed by atoms with Gasteiger partial charge < -0.3 is 14.8 Å². The second kappa shape index (κ2) is 10.9. The lowest BCUT2D eigenvalue weighted by Gasteiger charge is -2.11. The van der Waals surface area contributed by atoms with Crippen LogP contribution in [0.15, 0.2) is 65.8 Å². The molecule has 0 aliphatic heterocycles. The molecule has 33 heavy (non-hydrogen) atoms. The van der Waals surface area contributed by atoms with Crippen molar-refractivity contribution in [1.82, 2.24) is 5.43 Å². The van der Waals surface area contributed by atoms with Crippen LogP contribution in [0.25, 0.3) is 0 Å². The third-order valence-electron chi connectivity index (χ3n) is 4.43. The van der Waals surface area contributed by atoms with Crippen LogP contribution in [0, 0.1) is 11.6 Å². The van der Waals surface area contributed by atoms with Gasteiger partial charge in [0, 0.05) is 29.8 Å². The second-order valence-electron chi connectivity index (χ2n) is 6.89. The molecule has 0 fully saturated rings. The van der Waals surface area contributed by atoms with Gasteiger partial charge in [-0.05, 0) is 60.2 Å². The van der Waals surface area contributed by atoms with E-state index in [0.717, 1.165) is 12.1 Å². The quantitative estimate of drug-likeness (QED) is 0.394. The largest absolute Gasteiger partial charge is 0.496 e. The number of rotatable bonds is 8. The minimum Gasteiger partial charge on any atom is -0.496 e. The lowest BCUT2D eigenvalue weighted by atomic mass is 10.1. The van der Waals surface area contributed by atoms with E-state index in [1.807, 2.05) is 0 Å². The summed E-state index contributed by atoms with van der Waals surface area (Å²) in [6, 6.07) is 14.5. The molecule has 0 saturated heterocycles. The number of carbonyl (C=O) groups excluding carboxylic acids is 2. The molecule has 3 aromatic carbocycles. The minimum atomic E-state index is -0.806. The normalized spacial score (nSPS) is 10.7. The number of amides is 2. The molecule has 0 aliphatic carbocycles. The summed E-state index contributed by atoms with van der Waals surface area (Å²) in [6.45, 7) is 1.37. The fourth-order valence-corrected chi connectivity index (χ4v) is 2.88. The van der Waals surface area contributed by atoms with Crippen molar-refractivity contribution in [1.29, 1.82) is 0 Å². The molecule has 0 radical (unpaired) electrons. The van der Waals surface area contributed by atoms with E-state index in [0.29, 0.717) is 28.1 Å². The SMILES string of the molecule is COc1ccc(C=NNC(=O)c2ccc(NC(C)=O)cc2)cc1COc1ccc(F)cc1F. The summed E-state index contributed by atoms with van der Waals surface area (Å²) < 4.78 is 37.6. The number of nitrogens with one attached hydrogen (secondary N) is 2. The molecule has 3 aromatic rings. The van der Waals surface area contributed by atoms with E-state index < -0.39 is 17.5 Å². The van der Waals surface area contributed by atoms with Crippen molar-refractivity contribution in [3.05, 3.63) is 89.0 Å². The Labute approximate surface area is 189 Å². The Morgan fingerprint density at radius 2 is 1.73 bits per heavy atom. The van der Waals surface area contributed by atoms with E-state index in [2.05, 4.69) is 15.8 Å². The topological polar surface area (TPSA) is 89.0 Å². The molecule has 9 heteroatoms. The van der Waals surface area contributed by atoms with Gasteiger partial charge in [0.2, 0.25) is 5.91 Å². The molecule has 3 rings (SSSR count). The number of ether oxygens (including phenoxy) is 2. The molecule has 7 nitrogen and oxygen atoms in total. The third-order valence-corrected chi connectivity index (χ3v) is 4.43. The molecular weight excluding hydrogens is 432 g/mol. The zero-order chi connectivity index (χ0) is 23.8. The van der Waals surface area contributed by atoms with Crippen LogP contribution >= 0.6 is 0 Å². The Hall–Kier alpha value is -4.27. The van der Waals surface area contributed by atoms with E-state index in [1.165, 1.54) is 26.3 Å². The van der Waals surface area contributed by atoms with Gasteiger partial charge in [-0.15, -0.1) is 0 Å². The van der Waals surface area contributed by atoms with E-state index in [-0.39, 0.29) is 18.3 Å². The number of nitrogens with zero attached hydrogens (tertiary/aromatic N) is 1. The van der Waals surface area contributed by atoms with Crippen molar-refractivity contribution in [3.8, 4) is 11.5 Å². The molecular formula is C24H21F2N3O4. The zero-order valence-electron chi connectivity index (χ0n) is 17.9. The van der Waals surface area contributed by atoms with Crippen LogP contribution in [0.1, 0.15) is 28.4 Å². The average Bonchev–Trinajstić information content (AvgIpc) is 2.78. The second-order valence-corrected chi connectivity index (χ2v) is 6.89. The molecule has 0 bridgehead atoms. The van der Waals surface area contributed by atoms with Gasteiger partial charge in [0.25, 0.3) is 5.91 Å². The van der Waals surface area contributed by atoms with Gasteiger partial charge in [0.1, 0.15) is 18.2 Å². The van der Waals surface area contributed by atoms with Crippen LogP contribution in [-0.4, -0.2) is 25.1 Å². The van der Waals surface area contributed by atoms with Crippen LogP contribution < -0.4 is 20.2 Å². The Kier molecular flexibility index (Phi) is 7.69. The summed E-state index contributed by atoms with van der Waals surface area (Å²) in [5.41, 5.74) is 4.61. The first-order chi connectivity index (χ1) is 15.9. The molecule has 0 saturated carbocycles. The van der Waals surface area contributed by atoms with E-state index >= 15 is 0 Å². The highest BCUT2D eigenvalue weighted by Crippen LogP contribution is 2.24. The van der Waals surface area contributed by atoms with Crippen molar-refractivity contribution >= 4 is 23.7 Å². The maximum absolute atomic E-state index is 13.8. The smallest absolute Gasteiger partial charge is 0.271 e. The number of hydrogen-bond acceptors (Lipinski definition) is 5. The molecule has 0 heterocycles. The average molecular weight is 453 g/mol. The molecule has 0 aliphatic rings. The zero-order valence-corrected chi connectivity index (χ0v) is 17.9. The van der Waals surface area contributed by atoms with Gasteiger partial charge in [-0.1, -0.05) is 0 Å². The lowest BCUT2D eigenvalue weighted by Crippen LogP contribution is -2.17. The monoisotopic (exact) mass is 453 g/mol. The van der Waals surface area contributed by atoms with Gasteiger partial charge in [0.15, 0.2) is 11.6 Å². The maximum Gasteiger partial charge on any atom is 0.271 e. The molecule has 170 valence electrons. The van der Waals surface area contributed by atoms with E-state index in [1.54, 1.807) is 42.5 Å². The van der Waals surface area contributed by atoms with Crippen LogP contribution in [-0.2, 0) is 11.4 Å². The van der Waals surface area contributed by atoms with Crippen LogP contribution in [0.3, 0.4) is 0 Å². The Bertz CT molecular complexity index is 1180. The predicted molar refractivity (Wildman–Crippen MR) is 119 cm³/mol. The van der Waals surface area contributed by atoms with Crippen molar-refractivity contribution in [2.45, 2.75) is 13.5 Å². The Balaban J connectivity index is 1.64. The van der Waals surface area contributed by atoms with Crippen molar-refractivity contribution < 1.29 is 27.8 Å². The standard InChI is InChI=1S/C24H21F2N3O4/c1-15(30)28-20-7-4-17(5-8-20)24(31)29-27-13-16-3-9-22(32-2)18(11-16)14-33-23-10-6-19(25)12-21(23)26/h3-13H,14H2,1-2H3,(H,28,30)(H,29,31). The highest BCUT2D eigenvalue weighted by molar-refractivity contribution is 5.96. The first-order valence-corrected chi connectivity index (χ1v) is 9.81. The maximum atomic E-state index is 13.8. The van der Waals surface area contributed by atoms with Crippen molar-refractivity contribution in [3.63, 3.8) is 0 Å². The van der Waals surface area contributed by atoms with Gasteiger partial charge in [-0.25, -0.2) is 14.2 Å². The summed E-state index contributed by atoms with van der Waals surface area (Å²) >= 11 is 0. The van der Waals surface area contributed by atoms with E-state index in [4.69, 9.17) is 9.47 Å². The Morgan fingerprint density at radius 1 is 1.00 bits per heavy atom. The highest BCUT2D eigenvalue weighted by atomic mass is 19.1. The lowest BCUT2D eigenvalue weighted by molar-refractivity contribution is -0.114. The summed E-state index contributed by atoms with van der Waals surface area (Å²) in [6.07, 6.45) is 1.44. The van der Waals surface area contributed by atoms with E-state index in [9.17, 15) is 18.4 Å². The van der Waals surface area contributed by atoms with Crippen molar-refractivity contribution in [2.75, 3.05) is 12.4 Å². The summed E-state index contributed by atoms with van der Waals surface area (Å²) in [5.74, 6) is -1.71. The number of anilines is 1. The third kappa shape index (κ3) is 6.60. The molecule has 0 unspecified atom stereocenters. The molecule has 0 spiro atoms. The first kappa shape index (κ1) is 23.4. The minimum absolute atomic E-state index is 0.0274. The first-order valence-electron chi connectivity index (χ1n) is 9.81. The summed E-state index contributed by atoms with van der Waals surface area (Å²) in [5, 5.41) is 6.57. The number of hydrogen-bond donors (Lipinski definition) is 2. The van der Waals surface area contributed by atoms with Gasteiger partial charge in [0.05, 0.1) is 13.3 Å². The Morgan fingerprint density at radius 3 is 2.39 bits per heavy atom. The summed E-state index contributed by atoms with van der Waals surface area (Å²) in [4.78, 5) is 23.3. The van der Waals surface area contributed by atoms with Gasteiger partial charge >= 0.3 is 0 Å². The number of hydrazone groups is 1. The fourth-order valence-electron chi connectivity index (χ4n) is 2.88. The van der Waals surface area contributed by atoms with Crippen LogP contribution in [0.5, 0.6) is 11.5 Å². The molecule has 2 amide bonds. The van der Waals surface area contributed by atoms with Crippen molar-refractivity contribution in [2.24, 2.45) is 5.10 Å². The molecule has 2 N–H and O–H groups in total. The number of carbonyl (C=O) groups is 2. The van der Waals surface area contributed by atoms with Crippen LogP contribution in [0.2, 0.25) is 0 Å². The van der Waals surface area contributed by atoms with Gasteiger partial charge in [-0.3, -0.25) is 9.59 Å². The predicted octanol–water partition coefficient (Wildman–Crippen LogP) is 4.27. The van der Waals surface area contributed by atoms with Gasteiger partial charge in [-0.2, -0.15) is 5.10 Å². The fraction of sp³-hybridized carbons (Fsp3) is 0.125. The highest BCUT2D eigenvalue weighted by Gasteiger charge is 2.09.